The lowest BCUT2D eigenvalue weighted by Crippen LogP contribution is -2.25. The van der Waals surface area contributed by atoms with Crippen LogP contribution in [0.3, 0.4) is 0 Å². The molecule has 0 spiro atoms. The van der Waals surface area contributed by atoms with Crippen molar-refractivity contribution in [3.63, 3.8) is 0 Å². The molecule has 2 N–H and O–H groups in total. The van der Waals surface area contributed by atoms with Crippen molar-refractivity contribution >= 4 is 17.5 Å². The van der Waals surface area contributed by atoms with Crippen molar-refractivity contribution in [1.82, 2.24) is 10.3 Å². The summed E-state index contributed by atoms with van der Waals surface area (Å²) in [4.78, 5) is 27.8. The number of amides is 2. The van der Waals surface area contributed by atoms with Crippen molar-refractivity contribution < 1.29 is 18.4 Å². The number of halogens is 2. The molecule has 0 fully saturated rings. The van der Waals surface area contributed by atoms with Gasteiger partial charge in [-0.1, -0.05) is 12.1 Å². The number of carbonyl (C=O) groups excluding carboxylic acids is 2. The second-order valence-corrected chi connectivity index (χ2v) is 4.49. The van der Waals surface area contributed by atoms with E-state index < -0.39 is 23.4 Å². The first-order valence-electron chi connectivity index (χ1n) is 6.64. The molecule has 0 saturated carbocycles. The first kappa shape index (κ1) is 16.3. The molecule has 0 unspecified atom stereocenters. The van der Waals surface area contributed by atoms with Crippen LogP contribution in [0, 0.1) is 11.6 Å². The second kappa shape index (κ2) is 7.26. The van der Waals surface area contributed by atoms with Crippen LogP contribution in [0.4, 0.5) is 14.5 Å². The zero-order valence-electron chi connectivity index (χ0n) is 12.0. The third-order valence-corrected chi connectivity index (χ3v) is 2.80. The minimum Gasteiger partial charge on any atom is -0.347 e. The molecule has 1 heterocycles. The molecular weight excluding hydrogens is 304 g/mol. The molecule has 2 rings (SSSR count). The van der Waals surface area contributed by atoms with E-state index in [0.717, 1.165) is 12.1 Å². The molecule has 0 atom stereocenters. The molecule has 118 valence electrons. The average Bonchev–Trinajstić information content (AvgIpc) is 2.56. The van der Waals surface area contributed by atoms with Crippen LogP contribution in [-0.4, -0.2) is 23.3 Å². The summed E-state index contributed by atoms with van der Waals surface area (Å²) in [6.45, 7) is 3.75. The fourth-order valence-corrected chi connectivity index (χ4v) is 1.71. The minimum absolute atomic E-state index is 0.0269. The number of aromatic nitrogens is 1. The molecular formula is C16H13F2N3O2. The third kappa shape index (κ3) is 4.19. The van der Waals surface area contributed by atoms with E-state index in [1.54, 1.807) is 0 Å². The Morgan fingerprint density at radius 3 is 2.43 bits per heavy atom. The van der Waals surface area contributed by atoms with E-state index in [1.807, 2.05) is 0 Å². The van der Waals surface area contributed by atoms with Crippen molar-refractivity contribution in [3.05, 3.63) is 72.1 Å². The van der Waals surface area contributed by atoms with E-state index in [1.165, 1.54) is 30.3 Å². The summed E-state index contributed by atoms with van der Waals surface area (Å²) in [5.74, 6) is -3.18. The van der Waals surface area contributed by atoms with Crippen molar-refractivity contribution in [3.8, 4) is 0 Å². The lowest BCUT2D eigenvalue weighted by molar-refractivity contribution is 0.0953. The Hall–Kier alpha value is -3.09. The molecule has 0 aliphatic heterocycles. The predicted octanol–water partition coefficient (Wildman–Crippen LogP) is 2.53. The Kier molecular flexibility index (Phi) is 5.14. The van der Waals surface area contributed by atoms with Crippen LogP contribution >= 0.6 is 0 Å². The van der Waals surface area contributed by atoms with Gasteiger partial charge in [-0.25, -0.2) is 13.8 Å². The van der Waals surface area contributed by atoms with Crippen LogP contribution < -0.4 is 10.6 Å². The number of nitrogens with one attached hydrogen (secondary N) is 2. The van der Waals surface area contributed by atoms with E-state index in [0.29, 0.717) is 0 Å². The first-order valence-corrected chi connectivity index (χ1v) is 6.64. The molecule has 0 saturated heterocycles. The maximum atomic E-state index is 13.1. The fourth-order valence-electron chi connectivity index (χ4n) is 1.71. The van der Waals surface area contributed by atoms with Crippen molar-refractivity contribution in [2.24, 2.45) is 0 Å². The molecule has 0 radical (unpaired) electrons. The number of carbonyl (C=O) groups is 2. The molecule has 1 aromatic carbocycles. The highest BCUT2D eigenvalue weighted by Crippen LogP contribution is 2.14. The highest BCUT2D eigenvalue weighted by atomic mass is 19.2. The van der Waals surface area contributed by atoms with Crippen LogP contribution in [0.5, 0.6) is 0 Å². The van der Waals surface area contributed by atoms with Gasteiger partial charge in [-0.2, -0.15) is 0 Å². The van der Waals surface area contributed by atoms with Crippen molar-refractivity contribution in [2.75, 3.05) is 11.9 Å². The monoisotopic (exact) mass is 317 g/mol. The summed E-state index contributed by atoms with van der Waals surface area (Å²) < 4.78 is 26.0. The molecule has 2 aromatic rings. The smallest absolute Gasteiger partial charge is 0.274 e. The van der Waals surface area contributed by atoms with Crippen LogP contribution in [0.25, 0.3) is 0 Å². The number of hydrogen-bond acceptors (Lipinski definition) is 3. The van der Waals surface area contributed by atoms with Crippen LogP contribution in [0.2, 0.25) is 0 Å². The maximum absolute atomic E-state index is 13.1. The molecule has 2 amide bonds. The van der Waals surface area contributed by atoms with Gasteiger partial charge in [0.2, 0.25) is 0 Å². The molecule has 0 bridgehead atoms. The molecule has 0 aliphatic carbocycles. The van der Waals surface area contributed by atoms with Gasteiger partial charge in [0.1, 0.15) is 11.4 Å². The van der Waals surface area contributed by atoms with E-state index in [-0.39, 0.29) is 23.6 Å². The summed E-state index contributed by atoms with van der Waals surface area (Å²) in [5, 5.41) is 4.92. The molecule has 5 nitrogen and oxygen atoms in total. The molecule has 23 heavy (non-hydrogen) atoms. The number of hydrogen-bond donors (Lipinski definition) is 2. The van der Waals surface area contributed by atoms with Crippen LogP contribution in [0.15, 0.2) is 49.1 Å². The van der Waals surface area contributed by atoms with Gasteiger partial charge < -0.3 is 10.6 Å². The quantitative estimate of drug-likeness (QED) is 0.833. The van der Waals surface area contributed by atoms with E-state index >= 15 is 0 Å². The van der Waals surface area contributed by atoms with Gasteiger partial charge in [0.05, 0.1) is 0 Å². The summed E-state index contributed by atoms with van der Waals surface area (Å²) in [6.07, 6.45) is 1.51. The first-order chi connectivity index (χ1) is 11.0. The Morgan fingerprint density at radius 2 is 1.78 bits per heavy atom. The normalized spacial score (nSPS) is 10.0. The van der Waals surface area contributed by atoms with Gasteiger partial charge in [-0.3, -0.25) is 9.59 Å². The van der Waals surface area contributed by atoms with Gasteiger partial charge in [-0.05, 0) is 24.3 Å². The summed E-state index contributed by atoms with van der Waals surface area (Å²) >= 11 is 0. The van der Waals surface area contributed by atoms with Crippen molar-refractivity contribution in [1.29, 1.82) is 0 Å². The minimum atomic E-state index is -1.08. The van der Waals surface area contributed by atoms with Gasteiger partial charge in [0, 0.05) is 18.3 Å². The zero-order valence-corrected chi connectivity index (χ0v) is 12.0. The lowest BCUT2D eigenvalue weighted by atomic mass is 10.2. The van der Waals surface area contributed by atoms with E-state index in [2.05, 4.69) is 22.2 Å². The second-order valence-electron chi connectivity index (χ2n) is 4.49. The third-order valence-electron chi connectivity index (χ3n) is 2.80. The van der Waals surface area contributed by atoms with Gasteiger partial charge in [-0.15, -0.1) is 6.58 Å². The lowest BCUT2D eigenvalue weighted by Gasteiger charge is -2.07. The zero-order chi connectivity index (χ0) is 16.8. The number of anilines is 1. The van der Waals surface area contributed by atoms with Gasteiger partial charge in [0.25, 0.3) is 11.8 Å². The van der Waals surface area contributed by atoms with Gasteiger partial charge in [0.15, 0.2) is 11.6 Å². The number of benzene rings is 1. The molecule has 0 aliphatic rings. The number of rotatable bonds is 5. The SMILES string of the molecule is C=CCNC(=O)c1cccc(C(=O)Nc2ccc(F)c(F)c2)n1. The largest absolute Gasteiger partial charge is 0.347 e. The summed E-state index contributed by atoms with van der Waals surface area (Å²) in [6, 6.07) is 7.32. The standard InChI is InChI=1S/C16H13F2N3O2/c1-2-8-19-15(22)13-4-3-5-14(21-13)16(23)20-10-6-7-11(17)12(18)9-10/h2-7,9H,1,8H2,(H,19,22)(H,20,23). The molecule has 7 heteroatoms. The number of pyridine rings is 1. The van der Waals surface area contributed by atoms with E-state index in [9.17, 15) is 18.4 Å². The Morgan fingerprint density at radius 1 is 1.09 bits per heavy atom. The van der Waals surface area contributed by atoms with Crippen LogP contribution in [-0.2, 0) is 0 Å². The fraction of sp³-hybridized carbons (Fsp3) is 0.0625. The molecule has 1 aromatic heterocycles. The Bertz CT molecular complexity index is 763. The number of nitrogens with zero attached hydrogens (tertiary/aromatic N) is 1. The van der Waals surface area contributed by atoms with Gasteiger partial charge >= 0.3 is 0 Å². The maximum Gasteiger partial charge on any atom is 0.274 e. The van der Waals surface area contributed by atoms with Crippen molar-refractivity contribution in [2.45, 2.75) is 0 Å². The highest BCUT2D eigenvalue weighted by Gasteiger charge is 2.13. The van der Waals surface area contributed by atoms with Crippen LogP contribution in [0.1, 0.15) is 21.0 Å². The van der Waals surface area contributed by atoms with E-state index in [4.69, 9.17) is 0 Å². The summed E-state index contributed by atoms with van der Waals surface area (Å²) in [5.41, 5.74) is 0.114. The summed E-state index contributed by atoms with van der Waals surface area (Å²) in [7, 11) is 0. The average molecular weight is 317 g/mol. The highest BCUT2D eigenvalue weighted by molar-refractivity contribution is 6.03. The Balaban J connectivity index is 2.14. The topological polar surface area (TPSA) is 71.1 Å². The Labute approximate surface area is 131 Å². The predicted molar refractivity (Wildman–Crippen MR) is 81.1 cm³/mol.